The average molecular weight is 339 g/mol. The highest BCUT2D eigenvalue weighted by Crippen LogP contribution is 2.21. The monoisotopic (exact) mass is 338 g/mol. The van der Waals surface area contributed by atoms with Gasteiger partial charge >= 0.3 is 0 Å². The van der Waals surface area contributed by atoms with Crippen LogP contribution in [0.1, 0.15) is 41.2 Å². The molecule has 0 bridgehead atoms. The SMILES string of the molecule is CCc1nn(Cc2cc(F)ccc2Br)c(CC)c1C=O. The van der Waals surface area contributed by atoms with E-state index in [1.807, 2.05) is 13.8 Å². The smallest absolute Gasteiger partial charge is 0.153 e. The summed E-state index contributed by atoms with van der Waals surface area (Å²) in [5.74, 6) is -0.278. The molecule has 20 heavy (non-hydrogen) atoms. The Morgan fingerprint density at radius 1 is 1.35 bits per heavy atom. The van der Waals surface area contributed by atoms with Gasteiger partial charge in [0.15, 0.2) is 6.29 Å². The predicted octanol–water partition coefficient (Wildman–Crippen LogP) is 3.77. The number of carbonyl (C=O) groups excluding carboxylic acids is 1. The van der Waals surface area contributed by atoms with Crippen molar-refractivity contribution in [3.8, 4) is 0 Å². The molecule has 5 heteroatoms. The van der Waals surface area contributed by atoms with Gasteiger partial charge in [-0.15, -0.1) is 0 Å². The Labute approximate surface area is 125 Å². The lowest BCUT2D eigenvalue weighted by Crippen LogP contribution is -2.07. The first-order valence-electron chi connectivity index (χ1n) is 6.58. The van der Waals surface area contributed by atoms with Gasteiger partial charge in [-0.05, 0) is 36.6 Å². The molecule has 0 saturated heterocycles. The van der Waals surface area contributed by atoms with Crippen molar-refractivity contribution in [2.24, 2.45) is 0 Å². The standard InChI is InChI=1S/C15H16BrFN2O/c1-3-14-12(9-20)15(4-2)19(18-14)8-10-7-11(17)5-6-13(10)16/h5-7,9H,3-4,8H2,1-2H3. The third-order valence-corrected chi connectivity index (χ3v) is 4.06. The van der Waals surface area contributed by atoms with E-state index in [-0.39, 0.29) is 5.82 Å². The normalized spacial score (nSPS) is 10.8. The summed E-state index contributed by atoms with van der Waals surface area (Å²) in [6.07, 6.45) is 2.29. The van der Waals surface area contributed by atoms with E-state index in [0.29, 0.717) is 24.9 Å². The average Bonchev–Trinajstić information content (AvgIpc) is 2.79. The van der Waals surface area contributed by atoms with Crippen molar-refractivity contribution in [1.82, 2.24) is 9.78 Å². The zero-order valence-corrected chi connectivity index (χ0v) is 13.1. The minimum atomic E-state index is -0.278. The van der Waals surface area contributed by atoms with E-state index in [1.54, 1.807) is 10.7 Å². The van der Waals surface area contributed by atoms with Crippen LogP contribution in [-0.2, 0) is 19.4 Å². The molecule has 0 N–H and O–H groups in total. The summed E-state index contributed by atoms with van der Waals surface area (Å²) in [5, 5.41) is 4.48. The Balaban J connectivity index is 2.45. The van der Waals surface area contributed by atoms with Gasteiger partial charge in [-0.25, -0.2) is 4.39 Å². The van der Waals surface area contributed by atoms with E-state index in [0.717, 1.165) is 27.7 Å². The van der Waals surface area contributed by atoms with Gasteiger partial charge in [-0.1, -0.05) is 29.8 Å². The van der Waals surface area contributed by atoms with Crippen LogP contribution in [0.4, 0.5) is 4.39 Å². The van der Waals surface area contributed by atoms with E-state index in [4.69, 9.17) is 0 Å². The molecular formula is C15H16BrFN2O. The third kappa shape index (κ3) is 2.82. The number of aromatic nitrogens is 2. The number of carbonyl (C=O) groups is 1. The molecular weight excluding hydrogens is 323 g/mol. The van der Waals surface area contributed by atoms with Gasteiger partial charge in [-0.3, -0.25) is 9.48 Å². The number of rotatable bonds is 5. The summed E-state index contributed by atoms with van der Waals surface area (Å²) in [7, 11) is 0. The molecule has 0 amide bonds. The number of halogens is 2. The molecule has 2 aromatic rings. The van der Waals surface area contributed by atoms with Crippen LogP contribution >= 0.6 is 15.9 Å². The number of aryl methyl sites for hydroxylation is 1. The molecule has 0 saturated carbocycles. The molecule has 106 valence electrons. The zero-order valence-electron chi connectivity index (χ0n) is 11.5. The van der Waals surface area contributed by atoms with Gasteiger partial charge < -0.3 is 0 Å². The maximum Gasteiger partial charge on any atom is 0.153 e. The number of nitrogens with zero attached hydrogens (tertiary/aromatic N) is 2. The minimum Gasteiger partial charge on any atom is -0.298 e. The number of aldehydes is 1. The van der Waals surface area contributed by atoms with E-state index < -0.39 is 0 Å². The molecule has 0 aliphatic carbocycles. The highest BCUT2D eigenvalue weighted by molar-refractivity contribution is 9.10. The molecule has 1 aromatic heterocycles. The van der Waals surface area contributed by atoms with Crippen molar-refractivity contribution in [2.75, 3.05) is 0 Å². The van der Waals surface area contributed by atoms with Gasteiger partial charge in [0, 0.05) is 10.2 Å². The Morgan fingerprint density at radius 2 is 2.10 bits per heavy atom. The van der Waals surface area contributed by atoms with Crippen molar-refractivity contribution in [3.05, 3.63) is 51.0 Å². The summed E-state index contributed by atoms with van der Waals surface area (Å²) in [6, 6.07) is 4.57. The Bertz CT molecular complexity index is 637. The van der Waals surface area contributed by atoms with Crippen LogP contribution in [0.25, 0.3) is 0 Å². The molecule has 0 fully saturated rings. The molecule has 0 aliphatic heterocycles. The summed E-state index contributed by atoms with van der Waals surface area (Å²) in [4.78, 5) is 11.2. The highest BCUT2D eigenvalue weighted by atomic mass is 79.9. The molecule has 3 nitrogen and oxygen atoms in total. The first kappa shape index (κ1) is 14.9. The fourth-order valence-electron chi connectivity index (χ4n) is 2.29. The molecule has 0 spiro atoms. The van der Waals surface area contributed by atoms with E-state index in [9.17, 15) is 9.18 Å². The molecule has 1 aromatic carbocycles. The lowest BCUT2D eigenvalue weighted by atomic mass is 10.1. The van der Waals surface area contributed by atoms with Gasteiger partial charge in [0.2, 0.25) is 0 Å². The molecule has 0 atom stereocenters. The van der Waals surface area contributed by atoms with Crippen LogP contribution in [0.15, 0.2) is 22.7 Å². The van der Waals surface area contributed by atoms with Crippen LogP contribution in [0, 0.1) is 5.82 Å². The molecule has 1 heterocycles. The fourth-order valence-corrected chi connectivity index (χ4v) is 2.66. The molecule has 2 rings (SSSR count). The molecule has 0 unspecified atom stereocenters. The first-order valence-corrected chi connectivity index (χ1v) is 7.37. The second kappa shape index (κ2) is 6.31. The molecule has 0 radical (unpaired) electrons. The maximum absolute atomic E-state index is 13.3. The van der Waals surface area contributed by atoms with E-state index in [2.05, 4.69) is 21.0 Å². The Kier molecular flexibility index (Phi) is 4.70. The van der Waals surface area contributed by atoms with Crippen molar-refractivity contribution in [1.29, 1.82) is 0 Å². The Hall–Kier alpha value is -1.49. The number of hydrogen-bond acceptors (Lipinski definition) is 2. The van der Waals surface area contributed by atoms with Crippen LogP contribution in [0.5, 0.6) is 0 Å². The minimum absolute atomic E-state index is 0.278. The quantitative estimate of drug-likeness (QED) is 0.778. The topological polar surface area (TPSA) is 34.9 Å². The lowest BCUT2D eigenvalue weighted by molar-refractivity contribution is 0.112. The Morgan fingerprint density at radius 3 is 2.70 bits per heavy atom. The van der Waals surface area contributed by atoms with Gasteiger partial charge in [-0.2, -0.15) is 5.10 Å². The van der Waals surface area contributed by atoms with Crippen molar-refractivity contribution in [2.45, 2.75) is 33.2 Å². The fraction of sp³-hybridized carbons (Fsp3) is 0.333. The summed E-state index contributed by atoms with van der Waals surface area (Å²) >= 11 is 3.42. The van der Waals surface area contributed by atoms with Crippen molar-refractivity contribution in [3.63, 3.8) is 0 Å². The second-order valence-electron chi connectivity index (χ2n) is 4.53. The van der Waals surface area contributed by atoms with Crippen LogP contribution in [0.2, 0.25) is 0 Å². The second-order valence-corrected chi connectivity index (χ2v) is 5.38. The summed E-state index contributed by atoms with van der Waals surface area (Å²) in [6.45, 7) is 4.40. The summed E-state index contributed by atoms with van der Waals surface area (Å²) < 4.78 is 16.0. The maximum atomic E-state index is 13.3. The highest BCUT2D eigenvalue weighted by Gasteiger charge is 2.15. The van der Waals surface area contributed by atoms with Crippen molar-refractivity contribution < 1.29 is 9.18 Å². The number of hydrogen-bond donors (Lipinski definition) is 0. The van der Waals surface area contributed by atoms with Crippen LogP contribution in [0.3, 0.4) is 0 Å². The third-order valence-electron chi connectivity index (χ3n) is 3.29. The summed E-state index contributed by atoms with van der Waals surface area (Å²) in [5.41, 5.74) is 3.17. The van der Waals surface area contributed by atoms with Crippen LogP contribution < -0.4 is 0 Å². The van der Waals surface area contributed by atoms with Gasteiger partial charge in [0.1, 0.15) is 5.82 Å². The van der Waals surface area contributed by atoms with Gasteiger partial charge in [0.25, 0.3) is 0 Å². The van der Waals surface area contributed by atoms with E-state index in [1.165, 1.54) is 12.1 Å². The predicted molar refractivity (Wildman–Crippen MR) is 79.6 cm³/mol. The first-order chi connectivity index (χ1) is 9.60. The molecule has 0 aliphatic rings. The van der Waals surface area contributed by atoms with Crippen LogP contribution in [-0.4, -0.2) is 16.1 Å². The number of benzene rings is 1. The van der Waals surface area contributed by atoms with Gasteiger partial charge in [0.05, 0.1) is 17.8 Å². The van der Waals surface area contributed by atoms with Crippen molar-refractivity contribution >= 4 is 22.2 Å². The zero-order chi connectivity index (χ0) is 14.7. The lowest BCUT2D eigenvalue weighted by Gasteiger charge is -2.08. The van der Waals surface area contributed by atoms with E-state index >= 15 is 0 Å². The largest absolute Gasteiger partial charge is 0.298 e.